The second-order valence-electron chi connectivity index (χ2n) is 4.03. The van der Waals surface area contributed by atoms with Crippen molar-refractivity contribution in [1.29, 1.82) is 0 Å². The highest BCUT2D eigenvalue weighted by Gasteiger charge is 1.96. The Kier molecular flexibility index (Phi) is 4.77. The van der Waals surface area contributed by atoms with Gasteiger partial charge >= 0.3 is 5.97 Å². The summed E-state index contributed by atoms with van der Waals surface area (Å²) in [5.74, 6) is 0.305. The van der Waals surface area contributed by atoms with Crippen molar-refractivity contribution in [2.24, 2.45) is 0 Å². The molecule has 1 aromatic rings. The minimum Gasteiger partial charge on any atom is -0.462 e. The van der Waals surface area contributed by atoms with E-state index in [1.165, 1.54) is 12.5 Å². The number of benzene rings is 1. The maximum atomic E-state index is 10.5. The number of carbonyl (C=O) groups is 1. The average Bonchev–Trinajstić information content (AvgIpc) is 2.25. The summed E-state index contributed by atoms with van der Waals surface area (Å²) in [5.41, 5.74) is 2.45. The molecule has 0 atom stereocenters. The van der Waals surface area contributed by atoms with Crippen molar-refractivity contribution in [1.82, 2.24) is 0 Å². The van der Waals surface area contributed by atoms with Crippen LogP contribution in [0, 0.1) is 0 Å². The van der Waals surface area contributed by atoms with Crippen LogP contribution in [0.4, 0.5) is 0 Å². The predicted octanol–water partition coefficient (Wildman–Crippen LogP) is 3.39. The molecule has 0 aliphatic carbocycles. The van der Waals surface area contributed by atoms with Gasteiger partial charge in [-0.25, -0.2) is 0 Å². The molecule has 0 saturated carbocycles. The first kappa shape index (κ1) is 12.5. The van der Waals surface area contributed by atoms with E-state index in [9.17, 15) is 4.79 Å². The molecule has 0 heterocycles. The van der Waals surface area contributed by atoms with Crippen molar-refractivity contribution < 1.29 is 9.53 Å². The van der Waals surface area contributed by atoms with Crippen LogP contribution >= 0.6 is 0 Å². The minimum atomic E-state index is -0.250. The van der Waals surface area contributed by atoms with Crippen molar-refractivity contribution >= 4 is 12.0 Å². The molecule has 1 aromatic carbocycles. The van der Waals surface area contributed by atoms with E-state index in [0.717, 1.165) is 5.56 Å². The summed E-state index contributed by atoms with van der Waals surface area (Å²) >= 11 is 0. The minimum absolute atomic E-state index is 0.250. The van der Waals surface area contributed by atoms with Gasteiger partial charge in [0.05, 0.1) is 0 Å². The Bertz CT molecular complexity index is 361. The molecule has 0 bridgehead atoms. The van der Waals surface area contributed by atoms with Gasteiger partial charge in [0.1, 0.15) is 6.61 Å². The Hall–Kier alpha value is -1.57. The molecule has 0 radical (unpaired) electrons. The van der Waals surface area contributed by atoms with Crippen LogP contribution in [0.25, 0.3) is 6.08 Å². The van der Waals surface area contributed by atoms with E-state index in [2.05, 4.69) is 38.1 Å². The highest BCUT2D eigenvalue weighted by Crippen LogP contribution is 2.15. The van der Waals surface area contributed by atoms with Crippen LogP contribution in [0.1, 0.15) is 37.8 Å². The molecule has 0 N–H and O–H groups in total. The summed E-state index contributed by atoms with van der Waals surface area (Å²) in [6.07, 6.45) is 3.79. The second-order valence-corrected chi connectivity index (χ2v) is 4.03. The fraction of sp³-hybridized carbons (Fsp3) is 0.357. The Morgan fingerprint density at radius 1 is 1.31 bits per heavy atom. The fourth-order valence-corrected chi connectivity index (χ4v) is 1.34. The zero-order chi connectivity index (χ0) is 12.0. The maximum Gasteiger partial charge on any atom is 0.302 e. The molecule has 1 rings (SSSR count). The van der Waals surface area contributed by atoms with Gasteiger partial charge < -0.3 is 4.74 Å². The van der Waals surface area contributed by atoms with Crippen LogP contribution in [-0.2, 0) is 9.53 Å². The molecular weight excluding hydrogens is 200 g/mol. The van der Waals surface area contributed by atoms with Gasteiger partial charge in [-0.3, -0.25) is 4.79 Å². The Morgan fingerprint density at radius 3 is 2.44 bits per heavy atom. The monoisotopic (exact) mass is 218 g/mol. The highest BCUT2D eigenvalue weighted by molar-refractivity contribution is 5.66. The smallest absolute Gasteiger partial charge is 0.302 e. The number of esters is 1. The van der Waals surface area contributed by atoms with E-state index in [4.69, 9.17) is 4.74 Å². The first-order valence-corrected chi connectivity index (χ1v) is 5.49. The van der Waals surface area contributed by atoms with Gasteiger partial charge in [-0.1, -0.05) is 44.2 Å². The molecule has 0 amide bonds. The lowest BCUT2D eigenvalue weighted by Crippen LogP contribution is -1.97. The first-order chi connectivity index (χ1) is 7.59. The van der Waals surface area contributed by atoms with Crippen molar-refractivity contribution in [2.75, 3.05) is 6.61 Å². The normalized spacial score (nSPS) is 11.0. The lowest BCUT2D eigenvalue weighted by Gasteiger charge is -2.04. The topological polar surface area (TPSA) is 26.3 Å². The summed E-state index contributed by atoms with van der Waals surface area (Å²) < 4.78 is 4.80. The SMILES string of the molecule is CC(=O)OCC=Cc1ccc(C(C)C)cc1. The summed E-state index contributed by atoms with van der Waals surface area (Å²) in [6, 6.07) is 8.38. The standard InChI is InChI=1S/C14H18O2/c1-11(2)14-8-6-13(7-9-14)5-4-10-16-12(3)15/h4-9,11H,10H2,1-3H3. The third-order valence-electron chi connectivity index (χ3n) is 2.30. The van der Waals surface area contributed by atoms with Crippen molar-refractivity contribution in [2.45, 2.75) is 26.7 Å². The largest absolute Gasteiger partial charge is 0.462 e. The lowest BCUT2D eigenvalue weighted by molar-refractivity contribution is -0.139. The molecule has 2 heteroatoms. The van der Waals surface area contributed by atoms with Crippen molar-refractivity contribution in [3.63, 3.8) is 0 Å². The number of carbonyl (C=O) groups excluding carboxylic acids is 1. The average molecular weight is 218 g/mol. The van der Waals surface area contributed by atoms with Gasteiger partial charge in [0.15, 0.2) is 0 Å². The third kappa shape index (κ3) is 4.30. The van der Waals surface area contributed by atoms with Gasteiger partial charge in [0.2, 0.25) is 0 Å². The molecule has 0 fully saturated rings. The van der Waals surface area contributed by atoms with Crippen LogP contribution in [0.5, 0.6) is 0 Å². The van der Waals surface area contributed by atoms with Gasteiger partial charge in [0.25, 0.3) is 0 Å². The number of ether oxygens (including phenoxy) is 1. The quantitative estimate of drug-likeness (QED) is 0.724. The van der Waals surface area contributed by atoms with Crippen LogP contribution in [0.3, 0.4) is 0 Å². The number of rotatable bonds is 4. The van der Waals surface area contributed by atoms with E-state index >= 15 is 0 Å². The number of hydrogen-bond acceptors (Lipinski definition) is 2. The Morgan fingerprint density at radius 2 is 1.94 bits per heavy atom. The zero-order valence-corrected chi connectivity index (χ0v) is 10.1. The van der Waals surface area contributed by atoms with E-state index in [-0.39, 0.29) is 5.97 Å². The van der Waals surface area contributed by atoms with E-state index in [0.29, 0.717) is 12.5 Å². The second kappa shape index (κ2) is 6.11. The molecule has 86 valence electrons. The van der Waals surface area contributed by atoms with Crippen molar-refractivity contribution in [3.8, 4) is 0 Å². The molecule has 0 saturated heterocycles. The van der Waals surface area contributed by atoms with Crippen LogP contribution in [0.15, 0.2) is 30.3 Å². The predicted molar refractivity (Wildman–Crippen MR) is 66.2 cm³/mol. The van der Waals surface area contributed by atoms with Crippen molar-refractivity contribution in [3.05, 3.63) is 41.5 Å². The summed E-state index contributed by atoms with van der Waals surface area (Å²) in [4.78, 5) is 10.5. The molecule has 0 aliphatic rings. The molecule has 0 spiro atoms. The van der Waals surface area contributed by atoms with E-state index in [1.54, 1.807) is 0 Å². The molecular formula is C14H18O2. The Balaban J connectivity index is 2.51. The van der Waals surface area contributed by atoms with E-state index in [1.807, 2.05) is 12.2 Å². The van der Waals surface area contributed by atoms with Gasteiger partial charge in [0, 0.05) is 6.92 Å². The zero-order valence-electron chi connectivity index (χ0n) is 10.1. The van der Waals surface area contributed by atoms with Crippen LogP contribution in [0.2, 0.25) is 0 Å². The first-order valence-electron chi connectivity index (χ1n) is 5.49. The van der Waals surface area contributed by atoms with Gasteiger partial charge in [-0.15, -0.1) is 0 Å². The van der Waals surface area contributed by atoms with E-state index < -0.39 is 0 Å². The fourth-order valence-electron chi connectivity index (χ4n) is 1.34. The molecule has 16 heavy (non-hydrogen) atoms. The van der Waals surface area contributed by atoms with Gasteiger partial charge in [-0.2, -0.15) is 0 Å². The summed E-state index contributed by atoms with van der Waals surface area (Å²) in [5, 5.41) is 0. The van der Waals surface area contributed by atoms with Gasteiger partial charge in [-0.05, 0) is 23.1 Å². The summed E-state index contributed by atoms with van der Waals surface area (Å²) in [7, 11) is 0. The Labute approximate surface area is 96.9 Å². The maximum absolute atomic E-state index is 10.5. The third-order valence-corrected chi connectivity index (χ3v) is 2.30. The molecule has 2 nitrogen and oxygen atoms in total. The molecule has 0 unspecified atom stereocenters. The number of hydrogen-bond donors (Lipinski definition) is 0. The molecule has 0 aromatic heterocycles. The van der Waals surface area contributed by atoms with Crippen LogP contribution < -0.4 is 0 Å². The molecule has 0 aliphatic heterocycles. The highest BCUT2D eigenvalue weighted by atomic mass is 16.5. The summed E-state index contributed by atoms with van der Waals surface area (Å²) in [6.45, 7) is 6.09. The lowest BCUT2D eigenvalue weighted by atomic mass is 10.0. The van der Waals surface area contributed by atoms with Crippen LogP contribution in [-0.4, -0.2) is 12.6 Å².